The van der Waals surface area contributed by atoms with Crippen LogP contribution in [-0.4, -0.2) is 54.0 Å². The highest BCUT2D eigenvalue weighted by Gasteiger charge is 2.34. The van der Waals surface area contributed by atoms with Crippen LogP contribution in [0.5, 0.6) is 0 Å². The number of benzene rings is 1. The molecular formula is C19H25N5O4S. The maximum Gasteiger partial charge on any atom is 0.246 e. The molecule has 1 aliphatic rings. The summed E-state index contributed by atoms with van der Waals surface area (Å²) in [7, 11) is -0.863. The minimum Gasteiger partial charge on any atom is -0.324 e. The Morgan fingerprint density at radius 2 is 1.97 bits per heavy atom. The topological polar surface area (TPSA) is 105 Å². The summed E-state index contributed by atoms with van der Waals surface area (Å²) in [6.07, 6.45) is 0.123. The van der Waals surface area contributed by atoms with E-state index in [0.29, 0.717) is 22.8 Å². The van der Waals surface area contributed by atoms with Crippen LogP contribution in [0.4, 0.5) is 11.4 Å². The smallest absolute Gasteiger partial charge is 0.246 e. The van der Waals surface area contributed by atoms with Gasteiger partial charge in [0.2, 0.25) is 21.8 Å². The van der Waals surface area contributed by atoms with Crippen LogP contribution in [0.1, 0.15) is 24.7 Å². The van der Waals surface area contributed by atoms with Crippen LogP contribution in [0.3, 0.4) is 0 Å². The summed E-state index contributed by atoms with van der Waals surface area (Å²) >= 11 is 0. The van der Waals surface area contributed by atoms with Crippen molar-refractivity contribution in [1.29, 1.82) is 0 Å². The molecule has 2 aromatic rings. The molecule has 0 saturated heterocycles. The van der Waals surface area contributed by atoms with Crippen molar-refractivity contribution >= 4 is 33.2 Å². The number of nitrogens with zero attached hydrogens (tertiary/aromatic N) is 4. The van der Waals surface area contributed by atoms with Gasteiger partial charge >= 0.3 is 0 Å². The van der Waals surface area contributed by atoms with Gasteiger partial charge in [-0.25, -0.2) is 8.42 Å². The zero-order chi connectivity index (χ0) is 21.5. The van der Waals surface area contributed by atoms with Gasteiger partial charge in [-0.3, -0.25) is 14.3 Å². The number of nitrogens with one attached hydrogen (secondary N) is 1. The maximum atomic E-state index is 13.2. The van der Waals surface area contributed by atoms with Crippen molar-refractivity contribution in [2.75, 3.05) is 23.8 Å². The fourth-order valence-electron chi connectivity index (χ4n) is 3.60. The Labute approximate surface area is 170 Å². The molecule has 1 unspecified atom stereocenters. The van der Waals surface area contributed by atoms with Gasteiger partial charge in [0.05, 0.1) is 29.3 Å². The van der Waals surface area contributed by atoms with E-state index in [9.17, 15) is 18.0 Å². The molecule has 2 amide bonds. The van der Waals surface area contributed by atoms with Crippen LogP contribution < -0.4 is 10.2 Å². The summed E-state index contributed by atoms with van der Waals surface area (Å²) in [5.74, 6) is -0.602. The third kappa shape index (κ3) is 3.77. The SMILES string of the molecule is Cc1nn(C)c(C)c1S(=O)(=O)N(C)CC(=O)N1c2ccccc2NC(=O)CC1C. The molecule has 0 aliphatic carbocycles. The van der Waals surface area contributed by atoms with Gasteiger partial charge in [-0.1, -0.05) is 12.1 Å². The first-order valence-corrected chi connectivity index (χ1v) is 10.7. The molecule has 9 nitrogen and oxygen atoms in total. The predicted octanol–water partition coefficient (Wildman–Crippen LogP) is 1.42. The quantitative estimate of drug-likeness (QED) is 0.807. The Balaban J connectivity index is 1.92. The lowest BCUT2D eigenvalue weighted by Crippen LogP contribution is -2.45. The molecule has 3 rings (SSSR count). The van der Waals surface area contributed by atoms with E-state index in [1.54, 1.807) is 52.1 Å². The number of rotatable bonds is 4. The highest BCUT2D eigenvalue weighted by Crippen LogP contribution is 2.31. The van der Waals surface area contributed by atoms with Crippen molar-refractivity contribution in [2.45, 2.75) is 38.1 Å². The Kier molecular flexibility index (Phi) is 5.50. The Bertz CT molecular complexity index is 1080. The van der Waals surface area contributed by atoms with Crippen LogP contribution in [0.15, 0.2) is 29.2 Å². The molecule has 1 aromatic carbocycles. The summed E-state index contributed by atoms with van der Waals surface area (Å²) in [6.45, 7) is 4.71. The van der Waals surface area contributed by atoms with Gasteiger partial charge in [-0.15, -0.1) is 0 Å². The second-order valence-electron chi connectivity index (χ2n) is 7.27. The van der Waals surface area contributed by atoms with Crippen LogP contribution in [0.2, 0.25) is 0 Å². The van der Waals surface area contributed by atoms with Crippen molar-refractivity contribution < 1.29 is 18.0 Å². The fraction of sp³-hybridized carbons (Fsp3) is 0.421. The van der Waals surface area contributed by atoms with Gasteiger partial charge in [0.25, 0.3) is 0 Å². The Hall–Kier alpha value is -2.72. The molecule has 0 fully saturated rings. The summed E-state index contributed by atoms with van der Waals surface area (Å²) in [4.78, 5) is 26.9. The lowest BCUT2D eigenvalue weighted by atomic mass is 10.1. The number of likely N-dealkylation sites (N-methyl/N-ethyl adjacent to an activating group) is 1. The summed E-state index contributed by atoms with van der Waals surface area (Å²) in [6, 6.07) is 6.58. The lowest BCUT2D eigenvalue weighted by molar-refractivity contribution is -0.119. The minimum absolute atomic E-state index is 0.108. The van der Waals surface area contributed by atoms with E-state index in [0.717, 1.165) is 4.31 Å². The number of aryl methyl sites for hydroxylation is 2. The highest BCUT2D eigenvalue weighted by atomic mass is 32.2. The van der Waals surface area contributed by atoms with E-state index in [1.165, 1.54) is 16.6 Å². The number of para-hydroxylation sites is 2. The largest absolute Gasteiger partial charge is 0.324 e. The molecule has 0 bridgehead atoms. The zero-order valence-electron chi connectivity index (χ0n) is 17.1. The van der Waals surface area contributed by atoms with E-state index in [2.05, 4.69) is 10.4 Å². The molecule has 1 atom stereocenters. The minimum atomic E-state index is -3.91. The first-order chi connectivity index (χ1) is 13.5. The number of aromatic nitrogens is 2. The average Bonchev–Trinajstić information content (AvgIpc) is 2.80. The lowest BCUT2D eigenvalue weighted by Gasteiger charge is -2.29. The van der Waals surface area contributed by atoms with E-state index in [-0.39, 0.29) is 23.8 Å². The third-order valence-corrected chi connectivity index (χ3v) is 7.15. The second-order valence-corrected chi connectivity index (χ2v) is 9.25. The first kappa shape index (κ1) is 21.0. The highest BCUT2D eigenvalue weighted by molar-refractivity contribution is 7.89. The summed E-state index contributed by atoms with van der Waals surface area (Å²) < 4.78 is 28.7. The van der Waals surface area contributed by atoms with E-state index >= 15 is 0 Å². The van der Waals surface area contributed by atoms with Crippen molar-refractivity contribution in [3.05, 3.63) is 35.7 Å². The molecular weight excluding hydrogens is 394 g/mol. The monoisotopic (exact) mass is 419 g/mol. The standard InChI is InChI=1S/C19H25N5O4S/c1-12-10-17(25)20-15-8-6-7-9-16(15)24(12)18(26)11-22(4)29(27,28)19-13(2)21-23(5)14(19)3/h6-9,12H,10-11H2,1-5H3,(H,20,25). The molecule has 156 valence electrons. The van der Waals surface area contributed by atoms with Crippen molar-refractivity contribution in [3.8, 4) is 0 Å². The number of carbonyl (C=O) groups excluding carboxylic acids is 2. The van der Waals surface area contributed by atoms with E-state index < -0.39 is 22.0 Å². The average molecular weight is 420 g/mol. The normalized spacial score (nSPS) is 17.1. The van der Waals surface area contributed by atoms with Gasteiger partial charge in [0.15, 0.2) is 0 Å². The molecule has 1 N–H and O–H groups in total. The molecule has 0 spiro atoms. The van der Waals surface area contributed by atoms with Gasteiger partial charge in [-0.2, -0.15) is 9.40 Å². The van der Waals surface area contributed by atoms with E-state index in [4.69, 9.17) is 0 Å². The molecule has 29 heavy (non-hydrogen) atoms. The molecule has 0 radical (unpaired) electrons. The molecule has 10 heteroatoms. The van der Waals surface area contributed by atoms with Crippen molar-refractivity contribution in [2.24, 2.45) is 7.05 Å². The fourth-order valence-corrected chi connectivity index (χ4v) is 5.11. The van der Waals surface area contributed by atoms with Crippen molar-refractivity contribution in [1.82, 2.24) is 14.1 Å². The number of sulfonamides is 1. The second kappa shape index (κ2) is 7.60. The number of hydrogen-bond acceptors (Lipinski definition) is 5. The summed E-state index contributed by atoms with van der Waals surface area (Å²) in [5, 5.41) is 6.95. The Morgan fingerprint density at radius 1 is 1.31 bits per heavy atom. The van der Waals surface area contributed by atoms with Gasteiger partial charge < -0.3 is 10.2 Å². The van der Waals surface area contributed by atoms with Gasteiger partial charge in [0, 0.05) is 26.6 Å². The molecule has 1 aromatic heterocycles. The number of carbonyl (C=O) groups is 2. The molecule has 0 saturated carbocycles. The maximum absolute atomic E-state index is 13.2. The van der Waals surface area contributed by atoms with Crippen LogP contribution in [-0.2, 0) is 26.7 Å². The van der Waals surface area contributed by atoms with E-state index in [1.807, 2.05) is 0 Å². The first-order valence-electron chi connectivity index (χ1n) is 9.21. The van der Waals surface area contributed by atoms with Crippen LogP contribution in [0.25, 0.3) is 0 Å². The van der Waals surface area contributed by atoms with Gasteiger partial charge in [0.1, 0.15) is 4.90 Å². The van der Waals surface area contributed by atoms with Gasteiger partial charge in [-0.05, 0) is 32.9 Å². The van der Waals surface area contributed by atoms with Crippen molar-refractivity contribution in [3.63, 3.8) is 0 Å². The Morgan fingerprint density at radius 3 is 2.59 bits per heavy atom. The molecule has 1 aliphatic heterocycles. The summed E-state index contributed by atoms with van der Waals surface area (Å²) in [5.41, 5.74) is 1.97. The van der Waals surface area contributed by atoms with Crippen LogP contribution >= 0.6 is 0 Å². The van der Waals surface area contributed by atoms with Crippen LogP contribution in [0, 0.1) is 13.8 Å². The zero-order valence-corrected chi connectivity index (χ0v) is 17.9. The number of amides is 2. The number of hydrogen-bond donors (Lipinski definition) is 1. The number of anilines is 2. The number of fused-ring (bicyclic) bond motifs is 1. The molecule has 2 heterocycles. The predicted molar refractivity (Wildman–Crippen MR) is 109 cm³/mol. The third-order valence-electron chi connectivity index (χ3n) is 5.10.